The van der Waals surface area contributed by atoms with Gasteiger partial charge in [0.2, 0.25) is 0 Å². The Morgan fingerprint density at radius 1 is 1.09 bits per heavy atom. The summed E-state index contributed by atoms with van der Waals surface area (Å²) < 4.78 is 31.9. The van der Waals surface area contributed by atoms with Crippen molar-refractivity contribution in [3.63, 3.8) is 0 Å². The number of carbonyl (C=O) groups is 1. The highest BCUT2D eigenvalue weighted by Gasteiger charge is 2.18. The standard InChI is InChI=1S/C17H26O5S/c1-12(2)14-8-6-9-15(13(3)4)17(14)22-16(18)10-7-11-21-23(5,19)20/h6,8-9,12-13H,7,10-11H2,1-5H3. The van der Waals surface area contributed by atoms with Gasteiger partial charge in [-0.1, -0.05) is 45.9 Å². The Morgan fingerprint density at radius 2 is 1.61 bits per heavy atom. The van der Waals surface area contributed by atoms with Crippen molar-refractivity contribution in [2.45, 2.75) is 52.4 Å². The maximum atomic E-state index is 12.1. The van der Waals surface area contributed by atoms with Crippen molar-refractivity contribution in [2.75, 3.05) is 12.9 Å². The molecule has 0 saturated heterocycles. The summed E-state index contributed by atoms with van der Waals surface area (Å²) in [5.41, 5.74) is 1.99. The van der Waals surface area contributed by atoms with Gasteiger partial charge in [-0.25, -0.2) is 0 Å². The van der Waals surface area contributed by atoms with Crippen LogP contribution in [0.25, 0.3) is 0 Å². The molecule has 1 aromatic carbocycles. The van der Waals surface area contributed by atoms with Crippen LogP contribution in [0.3, 0.4) is 0 Å². The molecule has 0 aromatic heterocycles. The van der Waals surface area contributed by atoms with Crippen LogP contribution in [0.5, 0.6) is 5.75 Å². The Labute approximate surface area is 139 Å². The molecular formula is C17H26O5S. The monoisotopic (exact) mass is 342 g/mol. The fraction of sp³-hybridized carbons (Fsp3) is 0.588. The van der Waals surface area contributed by atoms with Gasteiger partial charge in [0.15, 0.2) is 0 Å². The summed E-state index contributed by atoms with van der Waals surface area (Å²) in [5.74, 6) is 0.735. The lowest BCUT2D eigenvalue weighted by Crippen LogP contribution is -2.13. The Morgan fingerprint density at radius 3 is 2.04 bits per heavy atom. The SMILES string of the molecule is CC(C)c1cccc(C(C)C)c1OC(=O)CCCOS(C)(=O)=O. The summed E-state index contributed by atoms with van der Waals surface area (Å²) in [6, 6.07) is 5.90. The Balaban J connectivity index is 2.77. The summed E-state index contributed by atoms with van der Waals surface area (Å²) in [5, 5.41) is 0. The van der Waals surface area contributed by atoms with Crippen molar-refractivity contribution >= 4 is 16.1 Å². The number of benzene rings is 1. The fourth-order valence-electron chi connectivity index (χ4n) is 2.19. The number of hydrogen-bond donors (Lipinski definition) is 0. The molecule has 0 atom stereocenters. The van der Waals surface area contributed by atoms with Gasteiger partial charge in [0.1, 0.15) is 5.75 Å². The van der Waals surface area contributed by atoms with E-state index in [4.69, 9.17) is 4.74 Å². The fourth-order valence-corrected chi connectivity index (χ4v) is 2.61. The normalized spacial score (nSPS) is 12.0. The minimum Gasteiger partial charge on any atom is -0.426 e. The first-order valence-corrected chi connectivity index (χ1v) is 9.61. The molecule has 0 aliphatic rings. The number of para-hydroxylation sites is 1. The van der Waals surface area contributed by atoms with Crippen molar-refractivity contribution in [1.29, 1.82) is 0 Å². The third-order valence-corrected chi connectivity index (χ3v) is 3.95. The summed E-state index contributed by atoms with van der Waals surface area (Å²) in [6.45, 7) is 8.19. The maximum Gasteiger partial charge on any atom is 0.311 e. The second kappa shape index (κ2) is 8.45. The molecule has 0 saturated carbocycles. The summed E-state index contributed by atoms with van der Waals surface area (Å²) in [4.78, 5) is 12.1. The highest BCUT2D eigenvalue weighted by atomic mass is 32.2. The molecule has 23 heavy (non-hydrogen) atoms. The third-order valence-electron chi connectivity index (χ3n) is 3.36. The van der Waals surface area contributed by atoms with E-state index in [-0.39, 0.29) is 30.8 Å². The highest BCUT2D eigenvalue weighted by Crippen LogP contribution is 2.34. The van der Waals surface area contributed by atoms with E-state index < -0.39 is 10.1 Å². The lowest BCUT2D eigenvalue weighted by molar-refractivity contribution is -0.134. The van der Waals surface area contributed by atoms with Gasteiger partial charge in [-0.15, -0.1) is 0 Å². The molecule has 0 N–H and O–H groups in total. The molecule has 0 fully saturated rings. The lowest BCUT2D eigenvalue weighted by Gasteiger charge is -2.18. The second-order valence-electron chi connectivity index (χ2n) is 6.18. The average Bonchev–Trinajstić information content (AvgIpc) is 2.42. The highest BCUT2D eigenvalue weighted by molar-refractivity contribution is 7.85. The maximum absolute atomic E-state index is 12.1. The van der Waals surface area contributed by atoms with Crippen LogP contribution in [0.4, 0.5) is 0 Å². The molecule has 130 valence electrons. The molecule has 0 aliphatic carbocycles. The van der Waals surface area contributed by atoms with Crippen LogP contribution in [0, 0.1) is 0 Å². The van der Waals surface area contributed by atoms with E-state index in [0.717, 1.165) is 17.4 Å². The molecule has 0 aliphatic heterocycles. The Kier molecular flexibility index (Phi) is 7.22. The molecule has 0 spiro atoms. The second-order valence-corrected chi connectivity index (χ2v) is 7.82. The van der Waals surface area contributed by atoms with Crippen molar-refractivity contribution in [1.82, 2.24) is 0 Å². The van der Waals surface area contributed by atoms with Gasteiger partial charge in [-0.2, -0.15) is 8.42 Å². The third kappa shape index (κ3) is 6.71. The van der Waals surface area contributed by atoms with Crippen LogP contribution in [0.2, 0.25) is 0 Å². The van der Waals surface area contributed by atoms with Crippen LogP contribution >= 0.6 is 0 Å². The van der Waals surface area contributed by atoms with Crippen LogP contribution in [0.15, 0.2) is 18.2 Å². The van der Waals surface area contributed by atoms with Gasteiger partial charge in [-0.3, -0.25) is 8.98 Å². The largest absolute Gasteiger partial charge is 0.426 e. The quantitative estimate of drug-likeness (QED) is 0.312. The van der Waals surface area contributed by atoms with E-state index in [1.54, 1.807) is 0 Å². The van der Waals surface area contributed by atoms with Crippen LogP contribution in [0.1, 0.15) is 63.5 Å². The first-order chi connectivity index (χ1) is 10.6. The van der Waals surface area contributed by atoms with Gasteiger partial charge >= 0.3 is 5.97 Å². The number of ether oxygens (including phenoxy) is 1. The van der Waals surface area contributed by atoms with E-state index in [2.05, 4.69) is 31.9 Å². The van der Waals surface area contributed by atoms with Gasteiger partial charge < -0.3 is 4.74 Å². The predicted molar refractivity (Wildman–Crippen MR) is 90.3 cm³/mol. The van der Waals surface area contributed by atoms with Gasteiger partial charge in [0.25, 0.3) is 10.1 Å². The minimum atomic E-state index is -3.47. The van der Waals surface area contributed by atoms with E-state index in [9.17, 15) is 13.2 Å². The van der Waals surface area contributed by atoms with Gasteiger partial charge in [0, 0.05) is 6.42 Å². The van der Waals surface area contributed by atoms with Crippen molar-refractivity contribution < 1.29 is 22.1 Å². The Bertz CT molecular complexity index is 606. The van der Waals surface area contributed by atoms with E-state index in [1.807, 2.05) is 18.2 Å². The van der Waals surface area contributed by atoms with E-state index >= 15 is 0 Å². The molecule has 0 radical (unpaired) electrons. The topological polar surface area (TPSA) is 69.7 Å². The zero-order chi connectivity index (χ0) is 17.6. The van der Waals surface area contributed by atoms with Crippen molar-refractivity contribution in [3.8, 4) is 5.75 Å². The number of carbonyl (C=O) groups excluding carboxylic acids is 1. The molecule has 6 heteroatoms. The first-order valence-electron chi connectivity index (χ1n) is 7.79. The number of rotatable bonds is 8. The van der Waals surface area contributed by atoms with Crippen LogP contribution in [-0.2, 0) is 19.1 Å². The summed E-state index contributed by atoms with van der Waals surface area (Å²) >= 11 is 0. The number of esters is 1. The Hall–Kier alpha value is -1.40. The molecule has 0 unspecified atom stereocenters. The molecule has 0 heterocycles. The van der Waals surface area contributed by atoms with Crippen LogP contribution in [-0.4, -0.2) is 27.2 Å². The molecular weight excluding hydrogens is 316 g/mol. The molecule has 1 rings (SSSR count). The molecule has 1 aromatic rings. The predicted octanol–water partition coefficient (Wildman–Crippen LogP) is 3.60. The zero-order valence-electron chi connectivity index (χ0n) is 14.5. The average molecular weight is 342 g/mol. The van der Waals surface area contributed by atoms with Gasteiger partial charge in [-0.05, 0) is 29.4 Å². The first kappa shape index (κ1) is 19.6. The summed E-state index contributed by atoms with van der Waals surface area (Å²) in [7, 11) is -3.47. The molecule has 5 nitrogen and oxygen atoms in total. The smallest absolute Gasteiger partial charge is 0.311 e. The van der Waals surface area contributed by atoms with Gasteiger partial charge in [0.05, 0.1) is 12.9 Å². The zero-order valence-corrected chi connectivity index (χ0v) is 15.3. The lowest BCUT2D eigenvalue weighted by atomic mass is 9.94. The van der Waals surface area contributed by atoms with Crippen LogP contribution < -0.4 is 4.74 Å². The molecule has 0 amide bonds. The van der Waals surface area contributed by atoms with Crippen molar-refractivity contribution in [3.05, 3.63) is 29.3 Å². The molecule has 0 bridgehead atoms. The number of hydrogen-bond acceptors (Lipinski definition) is 5. The van der Waals surface area contributed by atoms with E-state index in [0.29, 0.717) is 12.2 Å². The summed E-state index contributed by atoms with van der Waals surface area (Å²) in [6.07, 6.45) is 1.39. The minimum absolute atomic E-state index is 0.0171. The van der Waals surface area contributed by atoms with E-state index in [1.165, 1.54) is 0 Å². The van der Waals surface area contributed by atoms with Crippen molar-refractivity contribution in [2.24, 2.45) is 0 Å².